The lowest BCUT2D eigenvalue weighted by molar-refractivity contribution is -0.127. The highest BCUT2D eigenvalue weighted by atomic mass is 16.2. The summed E-state index contributed by atoms with van der Waals surface area (Å²) in [5.41, 5.74) is 0. The summed E-state index contributed by atoms with van der Waals surface area (Å²) in [5.74, 6) is 1.29. The molecule has 0 saturated carbocycles. The number of hydrogen-bond acceptors (Lipinski definition) is 3. The van der Waals surface area contributed by atoms with Crippen LogP contribution in [0.3, 0.4) is 0 Å². The maximum Gasteiger partial charge on any atom is 0.243 e. The average Bonchev–Trinajstić information content (AvgIpc) is 2.56. The molecule has 2 N–H and O–H groups in total. The van der Waals surface area contributed by atoms with Crippen molar-refractivity contribution < 1.29 is 4.79 Å². The summed E-state index contributed by atoms with van der Waals surface area (Å²) in [6.07, 6.45) is 5.21. The van der Waals surface area contributed by atoms with Gasteiger partial charge < -0.3 is 15.5 Å². The second kappa shape index (κ2) is 11.3. The van der Waals surface area contributed by atoms with Crippen molar-refractivity contribution in [3.63, 3.8) is 0 Å². The second-order valence-electron chi connectivity index (χ2n) is 7.25. The van der Waals surface area contributed by atoms with Crippen LogP contribution in [0.4, 0.5) is 0 Å². The molecule has 0 aromatic heterocycles. The van der Waals surface area contributed by atoms with Crippen molar-refractivity contribution in [1.29, 1.82) is 0 Å². The van der Waals surface area contributed by atoms with E-state index in [4.69, 9.17) is 0 Å². The van der Waals surface area contributed by atoms with E-state index in [2.05, 4.69) is 41.3 Å². The van der Waals surface area contributed by atoms with Crippen molar-refractivity contribution >= 4 is 11.9 Å². The minimum absolute atomic E-state index is 0.0164. The first-order valence-corrected chi connectivity index (χ1v) is 9.40. The molecule has 0 bridgehead atoms. The fourth-order valence-electron chi connectivity index (χ4n) is 2.90. The van der Waals surface area contributed by atoms with Gasteiger partial charge in [-0.2, -0.15) is 0 Å². The van der Waals surface area contributed by atoms with Crippen molar-refractivity contribution in [3.8, 4) is 0 Å². The summed E-state index contributed by atoms with van der Waals surface area (Å²) in [4.78, 5) is 20.3. The lowest BCUT2D eigenvalue weighted by Crippen LogP contribution is -2.46. The molecule has 1 aliphatic rings. The van der Waals surface area contributed by atoms with E-state index in [9.17, 15) is 4.79 Å². The molecule has 0 aliphatic carbocycles. The van der Waals surface area contributed by atoms with Crippen LogP contribution >= 0.6 is 0 Å². The maximum absolute atomic E-state index is 11.7. The standard InChI is InChI=1S/C18H37N5O/c1-6-16-9-7-8-11-23(16)12-10-19-18(20-13-15(2)3)21-14-17(24)22(4)5/h15-16H,6-14H2,1-5H3,(H2,19,20,21). The van der Waals surface area contributed by atoms with Gasteiger partial charge in [-0.25, -0.2) is 4.99 Å². The monoisotopic (exact) mass is 339 g/mol. The average molecular weight is 340 g/mol. The minimum atomic E-state index is 0.0164. The van der Waals surface area contributed by atoms with Crippen molar-refractivity contribution in [2.24, 2.45) is 10.9 Å². The number of hydrogen-bond donors (Lipinski definition) is 2. The quantitative estimate of drug-likeness (QED) is 0.520. The minimum Gasteiger partial charge on any atom is -0.356 e. The zero-order valence-corrected chi connectivity index (χ0v) is 16.3. The third-order valence-electron chi connectivity index (χ3n) is 4.46. The molecule has 1 fully saturated rings. The number of likely N-dealkylation sites (tertiary alicyclic amines) is 1. The van der Waals surface area contributed by atoms with Crippen molar-refractivity contribution in [2.75, 3.05) is 46.8 Å². The van der Waals surface area contributed by atoms with Crippen LogP contribution in [0.2, 0.25) is 0 Å². The number of nitrogens with one attached hydrogen (secondary N) is 2. The molecule has 1 aliphatic heterocycles. The highest BCUT2D eigenvalue weighted by molar-refractivity contribution is 5.84. The van der Waals surface area contributed by atoms with Crippen LogP contribution in [0.5, 0.6) is 0 Å². The van der Waals surface area contributed by atoms with E-state index in [0.29, 0.717) is 5.92 Å². The van der Waals surface area contributed by atoms with Gasteiger partial charge in [0.05, 0.1) is 0 Å². The third kappa shape index (κ3) is 7.99. The molecule has 140 valence electrons. The normalized spacial score (nSPS) is 19.4. The first-order valence-electron chi connectivity index (χ1n) is 9.40. The molecule has 1 unspecified atom stereocenters. The van der Waals surface area contributed by atoms with Crippen LogP contribution in [0.25, 0.3) is 0 Å². The molecular weight excluding hydrogens is 302 g/mol. The van der Waals surface area contributed by atoms with Crippen LogP contribution in [0.1, 0.15) is 46.5 Å². The second-order valence-corrected chi connectivity index (χ2v) is 7.25. The van der Waals surface area contributed by atoms with E-state index in [1.54, 1.807) is 19.0 Å². The van der Waals surface area contributed by atoms with E-state index >= 15 is 0 Å². The van der Waals surface area contributed by atoms with Gasteiger partial charge in [0.25, 0.3) is 0 Å². The molecule has 1 atom stereocenters. The number of guanidine groups is 1. The van der Waals surface area contributed by atoms with Crippen LogP contribution in [0, 0.1) is 5.92 Å². The maximum atomic E-state index is 11.7. The molecule has 1 amide bonds. The number of nitrogens with zero attached hydrogens (tertiary/aromatic N) is 3. The van der Waals surface area contributed by atoms with Gasteiger partial charge in [0.15, 0.2) is 5.96 Å². The summed E-state index contributed by atoms with van der Waals surface area (Å²) in [5, 5.41) is 6.71. The van der Waals surface area contributed by atoms with E-state index < -0.39 is 0 Å². The summed E-state index contributed by atoms with van der Waals surface area (Å²) in [6, 6.07) is 0.722. The summed E-state index contributed by atoms with van der Waals surface area (Å²) in [7, 11) is 3.52. The van der Waals surface area contributed by atoms with Gasteiger partial charge in [-0.3, -0.25) is 9.69 Å². The number of carbonyl (C=O) groups is 1. The Balaban J connectivity index is 2.48. The van der Waals surface area contributed by atoms with E-state index in [1.165, 1.54) is 32.2 Å². The molecular formula is C18H37N5O. The predicted octanol–water partition coefficient (Wildman–Crippen LogP) is 1.53. The Bertz CT molecular complexity index is 395. The van der Waals surface area contributed by atoms with Gasteiger partial charge in [-0.15, -0.1) is 0 Å². The molecule has 1 rings (SSSR count). The Morgan fingerprint density at radius 3 is 2.67 bits per heavy atom. The predicted molar refractivity (Wildman–Crippen MR) is 101 cm³/mol. The van der Waals surface area contributed by atoms with E-state index in [0.717, 1.165) is 31.6 Å². The SMILES string of the molecule is CCC1CCCCN1CCNC(=NCC(=O)N(C)C)NCC(C)C. The van der Waals surface area contributed by atoms with Gasteiger partial charge in [0, 0.05) is 39.8 Å². The van der Waals surface area contributed by atoms with Gasteiger partial charge in [0.2, 0.25) is 5.91 Å². The van der Waals surface area contributed by atoms with E-state index in [-0.39, 0.29) is 12.5 Å². The number of aliphatic imine (C=N–C) groups is 1. The summed E-state index contributed by atoms with van der Waals surface area (Å²) >= 11 is 0. The zero-order chi connectivity index (χ0) is 17.9. The molecule has 0 aromatic carbocycles. The fraction of sp³-hybridized carbons (Fsp3) is 0.889. The Kier molecular flexibility index (Phi) is 9.76. The van der Waals surface area contributed by atoms with Crippen molar-refractivity contribution in [1.82, 2.24) is 20.4 Å². The Morgan fingerprint density at radius 2 is 2.04 bits per heavy atom. The topological polar surface area (TPSA) is 60.0 Å². The van der Waals surface area contributed by atoms with Gasteiger partial charge in [-0.1, -0.05) is 27.2 Å². The van der Waals surface area contributed by atoms with E-state index in [1.807, 2.05) is 0 Å². The highest BCUT2D eigenvalue weighted by Gasteiger charge is 2.20. The molecule has 0 aromatic rings. The highest BCUT2D eigenvalue weighted by Crippen LogP contribution is 2.18. The van der Waals surface area contributed by atoms with Gasteiger partial charge in [-0.05, 0) is 31.7 Å². The number of likely N-dealkylation sites (N-methyl/N-ethyl adjacent to an activating group) is 1. The largest absolute Gasteiger partial charge is 0.356 e. The summed E-state index contributed by atoms with van der Waals surface area (Å²) in [6.45, 7) is 10.7. The smallest absolute Gasteiger partial charge is 0.243 e. The number of piperidine rings is 1. The number of amides is 1. The number of carbonyl (C=O) groups excluding carboxylic acids is 1. The Morgan fingerprint density at radius 1 is 1.29 bits per heavy atom. The molecule has 0 radical (unpaired) electrons. The number of rotatable bonds is 8. The molecule has 6 heteroatoms. The lowest BCUT2D eigenvalue weighted by Gasteiger charge is -2.35. The Hall–Kier alpha value is -1.30. The summed E-state index contributed by atoms with van der Waals surface area (Å²) < 4.78 is 0. The first kappa shape index (κ1) is 20.7. The molecule has 24 heavy (non-hydrogen) atoms. The molecule has 1 heterocycles. The molecule has 6 nitrogen and oxygen atoms in total. The first-order chi connectivity index (χ1) is 11.4. The fourth-order valence-corrected chi connectivity index (χ4v) is 2.90. The lowest BCUT2D eigenvalue weighted by atomic mass is 10.0. The van der Waals surface area contributed by atoms with Crippen LogP contribution in [-0.2, 0) is 4.79 Å². The molecule has 1 saturated heterocycles. The van der Waals surface area contributed by atoms with Crippen molar-refractivity contribution in [3.05, 3.63) is 0 Å². The van der Waals surface area contributed by atoms with Crippen LogP contribution in [0.15, 0.2) is 4.99 Å². The van der Waals surface area contributed by atoms with Gasteiger partial charge >= 0.3 is 0 Å². The van der Waals surface area contributed by atoms with Crippen LogP contribution in [-0.4, -0.2) is 74.5 Å². The molecule has 0 spiro atoms. The van der Waals surface area contributed by atoms with Crippen molar-refractivity contribution in [2.45, 2.75) is 52.5 Å². The van der Waals surface area contributed by atoms with Crippen LogP contribution < -0.4 is 10.6 Å². The third-order valence-corrected chi connectivity index (χ3v) is 4.46. The van der Waals surface area contributed by atoms with Gasteiger partial charge in [0.1, 0.15) is 6.54 Å². The Labute approximate surface area is 148 Å². The zero-order valence-electron chi connectivity index (χ0n) is 16.3.